The van der Waals surface area contributed by atoms with Crippen molar-refractivity contribution in [2.75, 3.05) is 0 Å². The van der Waals surface area contributed by atoms with Gasteiger partial charge in [0.1, 0.15) is 0 Å². The van der Waals surface area contributed by atoms with Crippen molar-refractivity contribution >= 4 is 34.1 Å². The van der Waals surface area contributed by atoms with Gasteiger partial charge in [-0.15, -0.1) is 0 Å². The third-order valence-corrected chi connectivity index (χ3v) is 3.44. The van der Waals surface area contributed by atoms with Gasteiger partial charge in [-0.05, 0) is 24.3 Å². The van der Waals surface area contributed by atoms with Crippen molar-refractivity contribution in [2.24, 2.45) is 0 Å². The zero-order chi connectivity index (χ0) is 15.9. The van der Waals surface area contributed by atoms with Gasteiger partial charge < -0.3 is 0 Å². The van der Waals surface area contributed by atoms with Crippen LogP contribution in [0.2, 0.25) is 10.0 Å². The molecule has 0 aliphatic carbocycles. The molecule has 7 heteroatoms. The molecule has 0 atom stereocenters. The molecule has 0 unspecified atom stereocenters. The Morgan fingerprint density at radius 2 is 1.86 bits per heavy atom. The van der Waals surface area contributed by atoms with Gasteiger partial charge in [0, 0.05) is 28.2 Å². The van der Waals surface area contributed by atoms with Gasteiger partial charge in [0.25, 0.3) is 0 Å². The summed E-state index contributed by atoms with van der Waals surface area (Å²) in [7, 11) is 0. The molecule has 2 aromatic heterocycles. The molecule has 3 aromatic rings. The molecule has 2 nitrogen and oxygen atoms in total. The Hall–Kier alpha value is -1.85. The zero-order valence-electron chi connectivity index (χ0n) is 10.7. The Labute approximate surface area is 133 Å². The molecule has 1 aromatic carbocycles. The molecular formula is C15H6Cl2F3N2. The van der Waals surface area contributed by atoms with Crippen LogP contribution in [0.25, 0.3) is 22.2 Å². The second kappa shape index (κ2) is 5.41. The number of aromatic nitrogens is 2. The van der Waals surface area contributed by atoms with Gasteiger partial charge in [0.05, 0.1) is 16.2 Å². The summed E-state index contributed by atoms with van der Waals surface area (Å²) in [6.07, 6.45) is -3.25. The minimum atomic E-state index is -4.65. The molecule has 0 N–H and O–H groups in total. The highest BCUT2D eigenvalue weighted by Gasteiger charge is 2.36. The zero-order valence-corrected chi connectivity index (χ0v) is 12.3. The van der Waals surface area contributed by atoms with Gasteiger partial charge in [0.15, 0.2) is 5.69 Å². The standard InChI is InChI=1S/C15H6Cl2F3N2/c16-9-5-8-6-10(12-3-1-2-4-21-12)14(15(18,19)20)22-13(8)11(17)7-9/h1-5,7H. The first-order chi connectivity index (χ1) is 10.4. The van der Waals surface area contributed by atoms with Crippen molar-refractivity contribution < 1.29 is 13.2 Å². The van der Waals surface area contributed by atoms with Crippen LogP contribution in [0.4, 0.5) is 13.2 Å². The van der Waals surface area contributed by atoms with Crippen LogP contribution in [0.15, 0.2) is 36.5 Å². The lowest BCUT2D eigenvalue weighted by Gasteiger charge is -2.13. The monoisotopic (exact) mass is 341 g/mol. The Kier molecular flexibility index (Phi) is 3.70. The summed E-state index contributed by atoms with van der Waals surface area (Å²) in [5.74, 6) is 0. The van der Waals surface area contributed by atoms with Gasteiger partial charge in [-0.1, -0.05) is 29.3 Å². The Morgan fingerprint density at radius 1 is 1.09 bits per heavy atom. The predicted octanol–water partition coefficient (Wildman–Crippen LogP) is 5.42. The fourth-order valence-electron chi connectivity index (χ4n) is 2.04. The summed E-state index contributed by atoms with van der Waals surface area (Å²) >= 11 is 11.8. The van der Waals surface area contributed by atoms with Gasteiger partial charge in [-0.2, -0.15) is 13.2 Å². The van der Waals surface area contributed by atoms with E-state index in [1.807, 2.05) is 0 Å². The van der Waals surface area contributed by atoms with Gasteiger partial charge >= 0.3 is 6.18 Å². The van der Waals surface area contributed by atoms with Crippen LogP contribution in [0.1, 0.15) is 5.69 Å². The van der Waals surface area contributed by atoms with Gasteiger partial charge in [-0.25, -0.2) is 4.98 Å². The number of hydrogen-bond donors (Lipinski definition) is 0. The van der Waals surface area contributed by atoms with Crippen molar-refractivity contribution in [3.63, 3.8) is 0 Å². The molecule has 0 aliphatic rings. The number of halogens is 5. The lowest BCUT2D eigenvalue weighted by molar-refractivity contribution is -0.140. The maximum atomic E-state index is 13.3. The van der Waals surface area contributed by atoms with E-state index in [9.17, 15) is 13.2 Å². The summed E-state index contributed by atoms with van der Waals surface area (Å²) < 4.78 is 39.9. The van der Waals surface area contributed by atoms with E-state index in [4.69, 9.17) is 23.2 Å². The summed E-state index contributed by atoms with van der Waals surface area (Å²) in [5.41, 5.74) is -1.19. The molecule has 0 fully saturated rings. The minimum Gasteiger partial charge on any atom is -0.256 e. The van der Waals surface area contributed by atoms with Crippen LogP contribution in [0.5, 0.6) is 0 Å². The molecule has 0 saturated heterocycles. The number of pyridine rings is 2. The smallest absolute Gasteiger partial charge is 0.256 e. The van der Waals surface area contributed by atoms with Crippen LogP contribution in [-0.4, -0.2) is 9.97 Å². The largest absolute Gasteiger partial charge is 0.434 e. The van der Waals surface area contributed by atoms with Crippen LogP contribution in [-0.2, 0) is 6.18 Å². The maximum Gasteiger partial charge on any atom is 0.434 e. The van der Waals surface area contributed by atoms with Crippen molar-refractivity contribution in [2.45, 2.75) is 6.18 Å². The second-order valence-electron chi connectivity index (χ2n) is 4.46. The van der Waals surface area contributed by atoms with Crippen molar-refractivity contribution in [1.82, 2.24) is 9.97 Å². The fraction of sp³-hybridized carbons (Fsp3) is 0.0667. The van der Waals surface area contributed by atoms with E-state index in [1.54, 1.807) is 12.1 Å². The quantitative estimate of drug-likeness (QED) is 0.590. The Bertz CT molecular complexity index is 849. The number of hydrogen-bond acceptors (Lipinski definition) is 2. The van der Waals surface area contributed by atoms with Crippen molar-refractivity contribution in [3.05, 3.63) is 58.3 Å². The van der Waals surface area contributed by atoms with E-state index < -0.39 is 11.9 Å². The Morgan fingerprint density at radius 3 is 2.50 bits per heavy atom. The average molecular weight is 342 g/mol. The number of fused-ring (bicyclic) bond motifs is 1. The number of benzene rings is 1. The average Bonchev–Trinajstić information content (AvgIpc) is 2.45. The third kappa shape index (κ3) is 2.74. The highest BCUT2D eigenvalue weighted by atomic mass is 35.5. The first-order valence-electron chi connectivity index (χ1n) is 6.07. The molecular weight excluding hydrogens is 336 g/mol. The van der Waals surface area contributed by atoms with Crippen LogP contribution >= 0.6 is 23.2 Å². The van der Waals surface area contributed by atoms with Gasteiger partial charge in [-0.3, -0.25) is 4.98 Å². The lowest BCUT2D eigenvalue weighted by atomic mass is 10.1. The summed E-state index contributed by atoms with van der Waals surface area (Å²) in [5, 5.41) is 0.630. The molecule has 0 saturated carbocycles. The maximum absolute atomic E-state index is 13.3. The van der Waals surface area contributed by atoms with Crippen molar-refractivity contribution in [1.29, 1.82) is 0 Å². The highest BCUT2D eigenvalue weighted by molar-refractivity contribution is 6.38. The lowest BCUT2D eigenvalue weighted by Crippen LogP contribution is -2.11. The van der Waals surface area contributed by atoms with E-state index in [0.29, 0.717) is 10.4 Å². The SMILES string of the molecule is FC(F)(F)c1nc2c(Cl)cc(Cl)cc2[c]c1-c1ccccn1. The molecule has 1 radical (unpaired) electrons. The second-order valence-corrected chi connectivity index (χ2v) is 5.30. The third-order valence-electron chi connectivity index (χ3n) is 2.94. The van der Waals surface area contributed by atoms with E-state index in [2.05, 4.69) is 16.0 Å². The van der Waals surface area contributed by atoms with Crippen LogP contribution in [0, 0.1) is 6.07 Å². The Balaban J connectivity index is 2.39. The first kappa shape index (κ1) is 15.1. The van der Waals surface area contributed by atoms with Crippen LogP contribution < -0.4 is 0 Å². The highest BCUT2D eigenvalue weighted by Crippen LogP contribution is 2.38. The molecule has 111 valence electrons. The fourth-order valence-corrected chi connectivity index (χ4v) is 2.57. The molecule has 0 aliphatic heterocycles. The van der Waals surface area contributed by atoms with Crippen molar-refractivity contribution in [3.8, 4) is 11.3 Å². The summed E-state index contributed by atoms with van der Waals surface area (Å²) in [4.78, 5) is 7.61. The van der Waals surface area contributed by atoms with E-state index in [-0.39, 0.29) is 21.8 Å². The summed E-state index contributed by atoms with van der Waals surface area (Å²) in [6, 6.07) is 10.1. The van der Waals surface area contributed by atoms with Gasteiger partial charge in [0.2, 0.25) is 0 Å². The first-order valence-corrected chi connectivity index (χ1v) is 6.82. The van der Waals surface area contributed by atoms with E-state index in [1.165, 1.54) is 24.4 Å². The molecule has 0 spiro atoms. The molecule has 0 bridgehead atoms. The summed E-state index contributed by atoms with van der Waals surface area (Å²) in [6.45, 7) is 0. The molecule has 22 heavy (non-hydrogen) atoms. The van der Waals surface area contributed by atoms with Crippen LogP contribution in [0.3, 0.4) is 0 Å². The normalized spacial score (nSPS) is 11.9. The predicted molar refractivity (Wildman–Crippen MR) is 78.8 cm³/mol. The number of rotatable bonds is 1. The van der Waals surface area contributed by atoms with E-state index >= 15 is 0 Å². The topological polar surface area (TPSA) is 25.8 Å². The molecule has 3 rings (SSSR count). The van der Waals surface area contributed by atoms with E-state index in [0.717, 1.165) is 0 Å². The molecule has 0 amide bonds. The molecule has 2 heterocycles. The number of nitrogens with zero attached hydrogens (tertiary/aromatic N) is 2. The number of alkyl halides is 3. The minimum absolute atomic E-state index is 0.00178.